The van der Waals surface area contributed by atoms with Crippen molar-refractivity contribution in [1.29, 1.82) is 0 Å². The van der Waals surface area contributed by atoms with Gasteiger partial charge in [0.25, 0.3) is 0 Å². The predicted octanol–water partition coefficient (Wildman–Crippen LogP) is 7.19. The molecule has 212 valence electrons. The highest BCUT2D eigenvalue weighted by Crippen LogP contribution is 2.66. The van der Waals surface area contributed by atoms with E-state index in [2.05, 4.69) is 0 Å². The number of ether oxygens (including phenoxy) is 2. The molecular weight excluding hydrogens is 504 g/mol. The average molecular weight is 545 g/mol. The molecule has 2 aromatic rings. The van der Waals surface area contributed by atoms with Crippen molar-refractivity contribution in [3.63, 3.8) is 0 Å². The van der Waals surface area contributed by atoms with Crippen LogP contribution >= 0.6 is 0 Å². The van der Waals surface area contributed by atoms with Crippen LogP contribution < -0.4 is 9.47 Å². The van der Waals surface area contributed by atoms with E-state index in [0.29, 0.717) is 40.9 Å². The number of aromatic carboxylic acids is 2. The van der Waals surface area contributed by atoms with Crippen molar-refractivity contribution in [2.75, 3.05) is 14.2 Å². The average Bonchev–Trinajstić information content (AvgIpc) is 2.89. The smallest absolute Gasteiger partial charge is 0.339 e. The molecule has 8 saturated carbocycles. The van der Waals surface area contributed by atoms with Gasteiger partial charge in [0.1, 0.15) is 22.6 Å². The highest BCUT2D eigenvalue weighted by Gasteiger charge is 2.55. The molecule has 0 aromatic heterocycles. The molecule has 8 fully saturated rings. The summed E-state index contributed by atoms with van der Waals surface area (Å²) < 4.78 is 11.8. The van der Waals surface area contributed by atoms with Crippen LogP contribution in [0.4, 0.5) is 0 Å². The minimum Gasteiger partial charge on any atom is -0.495 e. The molecule has 2 aromatic carbocycles. The molecule has 0 aliphatic heterocycles. The Labute approximate surface area is 235 Å². The fourth-order valence-corrected chi connectivity index (χ4v) is 12.0. The van der Waals surface area contributed by atoms with Gasteiger partial charge in [-0.2, -0.15) is 0 Å². The lowest BCUT2D eigenvalue weighted by atomic mass is 9.46. The summed E-state index contributed by atoms with van der Waals surface area (Å²) in [6, 6.07) is 3.89. The van der Waals surface area contributed by atoms with Gasteiger partial charge in [-0.05, 0) is 152 Å². The van der Waals surface area contributed by atoms with E-state index < -0.39 is 11.9 Å². The molecule has 0 atom stereocenters. The summed E-state index contributed by atoms with van der Waals surface area (Å²) in [4.78, 5) is 25.6. The van der Waals surface area contributed by atoms with Gasteiger partial charge >= 0.3 is 11.9 Å². The van der Waals surface area contributed by atoms with E-state index in [0.717, 1.165) is 55.0 Å². The minimum atomic E-state index is -1.04. The number of carboxylic acids is 2. The molecule has 40 heavy (non-hydrogen) atoms. The molecule has 8 bridgehead atoms. The molecule has 0 heterocycles. The van der Waals surface area contributed by atoms with Gasteiger partial charge in [-0.3, -0.25) is 0 Å². The fourth-order valence-electron chi connectivity index (χ4n) is 12.0. The Balaban J connectivity index is 1.50. The Hall–Kier alpha value is -2.76. The molecule has 8 aliphatic carbocycles. The second kappa shape index (κ2) is 8.39. The molecule has 8 aliphatic rings. The first-order chi connectivity index (χ1) is 19.2. The predicted molar refractivity (Wildman–Crippen MR) is 151 cm³/mol. The van der Waals surface area contributed by atoms with Crippen LogP contribution in [0, 0.1) is 35.5 Å². The van der Waals surface area contributed by atoms with Crippen LogP contribution in [0.25, 0.3) is 10.8 Å². The molecule has 0 radical (unpaired) electrons. The Morgan fingerprint density at radius 3 is 1.15 bits per heavy atom. The zero-order valence-electron chi connectivity index (χ0n) is 23.6. The number of fused-ring (bicyclic) bond motifs is 1. The van der Waals surface area contributed by atoms with Gasteiger partial charge < -0.3 is 19.7 Å². The highest BCUT2D eigenvalue weighted by molar-refractivity contribution is 6.10. The van der Waals surface area contributed by atoms with E-state index in [4.69, 9.17) is 9.47 Å². The number of benzene rings is 2. The molecule has 10 rings (SSSR count). The lowest BCUT2D eigenvalue weighted by Crippen LogP contribution is -2.50. The Morgan fingerprint density at radius 1 is 0.600 bits per heavy atom. The lowest BCUT2D eigenvalue weighted by Gasteiger charge is -2.59. The summed E-state index contributed by atoms with van der Waals surface area (Å²) in [5, 5.41) is 22.6. The summed E-state index contributed by atoms with van der Waals surface area (Å²) in [5.74, 6) is 2.57. The molecule has 2 N–H and O–H groups in total. The molecule has 6 nitrogen and oxygen atoms in total. The first-order valence-corrected chi connectivity index (χ1v) is 15.5. The fraction of sp³-hybridized carbons (Fsp3) is 0.647. The molecule has 0 unspecified atom stereocenters. The quantitative estimate of drug-likeness (QED) is 0.400. The van der Waals surface area contributed by atoms with Crippen LogP contribution in [0.1, 0.15) is 109 Å². The summed E-state index contributed by atoms with van der Waals surface area (Å²) >= 11 is 0. The van der Waals surface area contributed by atoms with Crippen LogP contribution in [-0.2, 0) is 10.8 Å². The number of rotatable bonds is 6. The molecule has 0 amide bonds. The maximum absolute atomic E-state index is 12.8. The maximum atomic E-state index is 12.8. The second-order valence-corrected chi connectivity index (χ2v) is 14.8. The molecule has 0 saturated heterocycles. The van der Waals surface area contributed by atoms with E-state index in [1.54, 1.807) is 0 Å². The number of hydrogen-bond donors (Lipinski definition) is 2. The Kier molecular flexibility index (Phi) is 5.24. The van der Waals surface area contributed by atoms with Crippen LogP contribution in [0.15, 0.2) is 12.1 Å². The second-order valence-electron chi connectivity index (χ2n) is 14.8. The standard InChI is InChI=1S/C34H40O6/c1-39-29-23(31(35)36)9-25(33-11-17-3-18(12-33)5-19(4-17)13-33)27-26(10-24(32(37)38)30(40-2)28(27)29)34-14-20-6-21(15-34)8-22(7-20)16-34/h9-10,17-22H,3-8,11-16H2,1-2H3,(H,35,36)(H,37,38). The van der Waals surface area contributed by atoms with Crippen molar-refractivity contribution < 1.29 is 29.3 Å². The van der Waals surface area contributed by atoms with Crippen LogP contribution in [-0.4, -0.2) is 36.4 Å². The van der Waals surface area contributed by atoms with Gasteiger partial charge in [-0.15, -0.1) is 0 Å². The summed E-state index contributed by atoms with van der Waals surface area (Å²) in [6.45, 7) is 0. The first-order valence-electron chi connectivity index (χ1n) is 15.5. The largest absolute Gasteiger partial charge is 0.495 e. The third-order valence-electron chi connectivity index (χ3n) is 12.4. The zero-order chi connectivity index (χ0) is 27.6. The van der Waals surface area contributed by atoms with E-state index >= 15 is 0 Å². The zero-order valence-corrected chi connectivity index (χ0v) is 23.6. The Morgan fingerprint density at radius 2 is 0.900 bits per heavy atom. The van der Waals surface area contributed by atoms with Crippen molar-refractivity contribution in [2.24, 2.45) is 35.5 Å². The van der Waals surface area contributed by atoms with Crippen LogP contribution in [0.2, 0.25) is 0 Å². The topological polar surface area (TPSA) is 93.1 Å². The number of methoxy groups -OCH3 is 2. The summed E-state index contributed by atoms with van der Waals surface area (Å²) in [7, 11) is 3.01. The van der Waals surface area contributed by atoms with Gasteiger partial charge in [0.15, 0.2) is 0 Å². The van der Waals surface area contributed by atoms with Crippen molar-refractivity contribution in [3.05, 3.63) is 34.4 Å². The van der Waals surface area contributed by atoms with Gasteiger partial charge in [-0.1, -0.05) is 0 Å². The normalized spacial score (nSPS) is 38.6. The monoisotopic (exact) mass is 544 g/mol. The number of carboxylic acid groups (broad SMARTS) is 2. The van der Waals surface area contributed by atoms with Crippen molar-refractivity contribution in [2.45, 2.75) is 87.9 Å². The minimum absolute atomic E-state index is 0.0731. The SMILES string of the molecule is COc1c(C(=O)O)cc(C23CC4CC(CC(C4)C2)C3)c2c(C34CC5CC(CC(C5)C3)C4)cc(C(=O)O)c(OC)c12. The van der Waals surface area contributed by atoms with Gasteiger partial charge in [0.2, 0.25) is 0 Å². The molecule has 6 heteroatoms. The summed E-state index contributed by atoms with van der Waals surface area (Å²) in [6.07, 6.45) is 14.4. The number of hydrogen-bond acceptors (Lipinski definition) is 4. The van der Waals surface area contributed by atoms with E-state index in [1.807, 2.05) is 12.1 Å². The Bertz CT molecular complexity index is 1280. The van der Waals surface area contributed by atoms with E-state index in [9.17, 15) is 19.8 Å². The van der Waals surface area contributed by atoms with Gasteiger partial charge in [-0.25, -0.2) is 9.59 Å². The number of carbonyl (C=O) groups is 2. The third kappa shape index (κ3) is 3.34. The van der Waals surface area contributed by atoms with E-state index in [-0.39, 0.29) is 33.5 Å². The lowest BCUT2D eigenvalue weighted by molar-refractivity contribution is -0.00683. The van der Waals surface area contributed by atoms with Crippen molar-refractivity contribution in [1.82, 2.24) is 0 Å². The van der Waals surface area contributed by atoms with Crippen LogP contribution in [0.5, 0.6) is 11.5 Å². The van der Waals surface area contributed by atoms with Crippen molar-refractivity contribution >= 4 is 22.7 Å². The van der Waals surface area contributed by atoms with Gasteiger partial charge in [0, 0.05) is 0 Å². The molecular formula is C34H40O6. The van der Waals surface area contributed by atoms with Crippen LogP contribution in [0.3, 0.4) is 0 Å². The maximum Gasteiger partial charge on any atom is 0.339 e. The van der Waals surface area contributed by atoms with Crippen molar-refractivity contribution in [3.8, 4) is 11.5 Å². The third-order valence-corrected chi connectivity index (χ3v) is 12.4. The molecule has 0 spiro atoms. The van der Waals surface area contributed by atoms with Gasteiger partial charge in [0.05, 0.1) is 19.6 Å². The highest BCUT2D eigenvalue weighted by atomic mass is 16.5. The first kappa shape index (κ1) is 25.0. The summed E-state index contributed by atoms with van der Waals surface area (Å²) in [5.41, 5.74) is 2.38. The van der Waals surface area contributed by atoms with E-state index in [1.165, 1.54) is 52.7 Å².